The summed E-state index contributed by atoms with van der Waals surface area (Å²) in [6.07, 6.45) is 2.40. The SMILES string of the molecule is Cc1noc(C(C)NC(=O)C2(c3cccc(F)c3)CCC2)n1. The van der Waals surface area contributed by atoms with Gasteiger partial charge in [0.1, 0.15) is 11.9 Å². The Morgan fingerprint density at radius 3 is 2.77 bits per heavy atom. The van der Waals surface area contributed by atoms with Crippen LogP contribution in [0.3, 0.4) is 0 Å². The summed E-state index contributed by atoms with van der Waals surface area (Å²) < 4.78 is 18.6. The average Bonchev–Trinajstić information content (AvgIpc) is 2.84. The summed E-state index contributed by atoms with van der Waals surface area (Å²) in [7, 11) is 0. The van der Waals surface area contributed by atoms with Crippen LogP contribution in [0.2, 0.25) is 0 Å². The molecule has 0 saturated heterocycles. The second kappa shape index (κ2) is 5.51. The van der Waals surface area contributed by atoms with Crippen molar-refractivity contribution in [3.63, 3.8) is 0 Å². The minimum atomic E-state index is -0.647. The Kier molecular flexibility index (Phi) is 3.68. The number of nitrogens with one attached hydrogen (secondary N) is 1. The molecule has 1 aliphatic carbocycles. The molecule has 1 amide bonds. The van der Waals surface area contributed by atoms with Crippen molar-refractivity contribution in [2.24, 2.45) is 0 Å². The van der Waals surface area contributed by atoms with Gasteiger partial charge in [-0.15, -0.1) is 0 Å². The number of rotatable bonds is 4. The Morgan fingerprint density at radius 2 is 2.23 bits per heavy atom. The highest BCUT2D eigenvalue weighted by molar-refractivity contribution is 5.89. The van der Waals surface area contributed by atoms with E-state index >= 15 is 0 Å². The number of hydrogen-bond donors (Lipinski definition) is 1. The zero-order chi connectivity index (χ0) is 15.7. The summed E-state index contributed by atoms with van der Waals surface area (Å²) in [6, 6.07) is 5.91. The van der Waals surface area contributed by atoms with E-state index in [2.05, 4.69) is 15.5 Å². The van der Waals surface area contributed by atoms with Crippen LogP contribution < -0.4 is 5.32 Å². The van der Waals surface area contributed by atoms with Crippen LogP contribution in [0.25, 0.3) is 0 Å². The Balaban J connectivity index is 1.80. The van der Waals surface area contributed by atoms with Crippen LogP contribution in [0.15, 0.2) is 28.8 Å². The quantitative estimate of drug-likeness (QED) is 0.943. The topological polar surface area (TPSA) is 68.0 Å². The van der Waals surface area contributed by atoms with Crippen LogP contribution in [0, 0.1) is 12.7 Å². The van der Waals surface area contributed by atoms with Gasteiger partial charge in [0, 0.05) is 0 Å². The Morgan fingerprint density at radius 1 is 1.45 bits per heavy atom. The first-order valence-corrected chi connectivity index (χ1v) is 7.38. The molecular weight excluding hydrogens is 285 g/mol. The van der Waals surface area contributed by atoms with Crippen molar-refractivity contribution < 1.29 is 13.7 Å². The first-order valence-electron chi connectivity index (χ1n) is 7.38. The number of amides is 1. The molecular formula is C16H18FN3O2. The molecule has 22 heavy (non-hydrogen) atoms. The summed E-state index contributed by atoms with van der Waals surface area (Å²) in [4.78, 5) is 16.9. The van der Waals surface area contributed by atoms with Crippen molar-refractivity contribution in [3.05, 3.63) is 47.4 Å². The predicted octanol–water partition coefficient (Wildman–Crippen LogP) is 2.82. The molecule has 1 unspecified atom stereocenters. The van der Waals surface area contributed by atoms with E-state index in [0.717, 1.165) is 24.8 Å². The van der Waals surface area contributed by atoms with E-state index in [-0.39, 0.29) is 17.8 Å². The van der Waals surface area contributed by atoms with E-state index in [0.29, 0.717) is 11.7 Å². The molecule has 3 rings (SSSR count). The third kappa shape index (κ3) is 2.49. The smallest absolute Gasteiger partial charge is 0.248 e. The van der Waals surface area contributed by atoms with Gasteiger partial charge >= 0.3 is 0 Å². The predicted molar refractivity (Wildman–Crippen MR) is 77.5 cm³/mol. The number of halogens is 1. The molecule has 1 N–H and O–H groups in total. The fourth-order valence-electron chi connectivity index (χ4n) is 2.85. The largest absolute Gasteiger partial charge is 0.344 e. The molecule has 6 heteroatoms. The number of benzene rings is 1. The van der Waals surface area contributed by atoms with Gasteiger partial charge in [-0.3, -0.25) is 4.79 Å². The second-order valence-electron chi connectivity index (χ2n) is 5.82. The van der Waals surface area contributed by atoms with Gasteiger partial charge in [0.2, 0.25) is 11.8 Å². The lowest BCUT2D eigenvalue weighted by Gasteiger charge is -2.41. The van der Waals surface area contributed by atoms with Crippen molar-refractivity contribution in [2.45, 2.75) is 44.6 Å². The van der Waals surface area contributed by atoms with Crippen molar-refractivity contribution in [1.82, 2.24) is 15.5 Å². The Labute approximate surface area is 127 Å². The number of carbonyl (C=O) groups is 1. The number of nitrogens with zero attached hydrogens (tertiary/aromatic N) is 2. The van der Waals surface area contributed by atoms with Gasteiger partial charge in [-0.25, -0.2) is 4.39 Å². The van der Waals surface area contributed by atoms with E-state index in [9.17, 15) is 9.18 Å². The maximum atomic E-state index is 13.5. The lowest BCUT2D eigenvalue weighted by molar-refractivity contribution is -0.130. The minimum absolute atomic E-state index is 0.118. The van der Waals surface area contributed by atoms with Gasteiger partial charge in [-0.2, -0.15) is 4.98 Å². The van der Waals surface area contributed by atoms with Crippen LogP contribution in [0.4, 0.5) is 4.39 Å². The highest BCUT2D eigenvalue weighted by Crippen LogP contribution is 2.44. The molecule has 1 aliphatic rings. The van der Waals surface area contributed by atoms with Crippen molar-refractivity contribution >= 4 is 5.91 Å². The van der Waals surface area contributed by atoms with Gasteiger partial charge in [0.05, 0.1) is 5.41 Å². The van der Waals surface area contributed by atoms with E-state index in [1.165, 1.54) is 12.1 Å². The highest BCUT2D eigenvalue weighted by Gasteiger charge is 2.46. The molecule has 1 saturated carbocycles. The molecule has 0 spiro atoms. The lowest BCUT2D eigenvalue weighted by Crippen LogP contribution is -2.49. The molecule has 0 aliphatic heterocycles. The molecule has 1 aromatic carbocycles. The van der Waals surface area contributed by atoms with Gasteiger partial charge in [0.15, 0.2) is 5.82 Å². The summed E-state index contributed by atoms with van der Waals surface area (Å²) >= 11 is 0. The van der Waals surface area contributed by atoms with Crippen molar-refractivity contribution in [1.29, 1.82) is 0 Å². The van der Waals surface area contributed by atoms with Gasteiger partial charge in [-0.1, -0.05) is 23.7 Å². The van der Waals surface area contributed by atoms with Crippen molar-refractivity contribution in [3.8, 4) is 0 Å². The first-order chi connectivity index (χ1) is 10.5. The van der Waals surface area contributed by atoms with Crippen LogP contribution in [0.5, 0.6) is 0 Å². The molecule has 1 atom stereocenters. The van der Waals surface area contributed by atoms with Crippen LogP contribution in [-0.4, -0.2) is 16.0 Å². The van der Waals surface area contributed by atoms with Crippen LogP contribution in [-0.2, 0) is 10.2 Å². The third-order valence-corrected chi connectivity index (χ3v) is 4.28. The molecule has 0 bridgehead atoms. The van der Waals surface area contributed by atoms with E-state index in [4.69, 9.17) is 4.52 Å². The van der Waals surface area contributed by atoms with E-state index in [1.54, 1.807) is 19.9 Å². The number of carbonyl (C=O) groups excluding carboxylic acids is 1. The molecule has 5 nitrogen and oxygen atoms in total. The Bertz CT molecular complexity index is 694. The molecule has 1 aromatic heterocycles. The van der Waals surface area contributed by atoms with Crippen LogP contribution >= 0.6 is 0 Å². The fraction of sp³-hybridized carbons (Fsp3) is 0.438. The highest BCUT2D eigenvalue weighted by atomic mass is 19.1. The molecule has 116 valence electrons. The van der Waals surface area contributed by atoms with E-state index < -0.39 is 5.41 Å². The average molecular weight is 303 g/mol. The number of hydrogen-bond acceptors (Lipinski definition) is 4. The normalized spacial score (nSPS) is 17.6. The molecule has 1 heterocycles. The zero-order valence-electron chi connectivity index (χ0n) is 12.6. The molecule has 1 fully saturated rings. The third-order valence-electron chi connectivity index (χ3n) is 4.28. The fourth-order valence-corrected chi connectivity index (χ4v) is 2.85. The second-order valence-corrected chi connectivity index (χ2v) is 5.82. The minimum Gasteiger partial charge on any atom is -0.344 e. The van der Waals surface area contributed by atoms with Gasteiger partial charge in [-0.05, 0) is 44.4 Å². The van der Waals surface area contributed by atoms with Crippen molar-refractivity contribution in [2.75, 3.05) is 0 Å². The monoisotopic (exact) mass is 303 g/mol. The van der Waals surface area contributed by atoms with Gasteiger partial charge in [0.25, 0.3) is 0 Å². The van der Waals surface area contributed by atoms with Gasteiger partial charge < -0.3 is 9.84 Å². The number of aromatic nitrogens is 2. The summed E-state index contributed by atoms with van der Waals surface area (Å²) in [5.41, 5.74) is 0.0796. The summed E-state index contributed by atoms with van der Waals surface area (Å²) in [5, 5.41) is 6.64. The molecule has 2 aromatic rings. The summed E-state index contributed by atoms with van der Waals surface area (Å²) in [5.74, 6) is 0.462. The Hall–Kier alpha value is -2.24. The van der Waals surface area contributed by atoms with E-state index in [1.807, 2.05) is 6.07 Å². The maximum Gasteiger partial charge on any atom is 0.248 e. The van der Waals surface area contributed by atoms with Crippen LogP contribution in [0.1, 0.15) is 49.5 Å². The maximum absolute atomic E-state index is 13.5. The number of aryl methyl sites for hydroxylation is 1. The summed E-state index contributed by atoms with van der Waals surface area (Å²) in [6.45, 7) is 3.52. The first kappa shape index (κ1) is 14.7. The lowest BCUT2D eigenvalue weighted by atomic mass is 9.63. The molecule has 0 radical (unpaired) electrons. The standard InChI is InChI=1S/C16H18FN3O2/c1-10(14-19-11(2)20-22-14)18-15(21)16(7-4-8-16)12-5-3-6-13(17)9-12/h3,5-6,9-10H,4,7-8H2,1-2H3,(H,18,21). The zero-order valence-corrected chi connectivity index (χ0v) is 12.6.